The first-order valence-electron chi connectivity index (χ1n) is 7.66. The van der Waals surface area contributed by atoms with E-state index in [-0.39, 0.29) is 6.54 Å². The van der Waals surface area contributed by atoms with Gasteiger partial charge in [-0.15, -0.1) is 0 Å². The summed E-state index contributed by atoms with van der Waals surface area (Å²) < 4.78 is 12.4. The van der Waals surface area contributed by atoms with E-state index in [4.69, 9.17) is 20.9 Å². The van der Waals surface area contributed by atoms with Gasteiger partial charge in [0.15, 0.2) is 11.1 Å². The molecule has 9 heteroatoms. The van der Waals surface area contributed by atoms with Crippen LogP contribution in [-0.4, -0.2) is 17.4 Å². The van der Waals surface area contributed by atoms with E-state index < -0.39 is 5.95 Å². The molecule has 0 aliphatic carbocycles. The van der Waals surface area contributed by atoms with Crippen LogP contribution in [0.15, 0.2) is 47.0 Å². The highest BCUT2D eigenvalue weighted by Crippen LogP contribution is 2.28. The van der Waals surface area contributed by atoms with Crippen molar-refractivity contribution >= 4 is 38.3 Å². The Kier molecular flexibility index (Phi) is 4.36. The van der Waals surface area contributed by atoms with Gasteiger partial charge in [0.25, 0.3) is 5.69 Å². The largest absolute Gasteiger partial charge is 0.539 e. The van der Waals surface area contributed by atoms with Crippen molar-refractivity contribution in [3.63, 3.8) is 0 Å². The minimum absolute atomic E-state index is 0.224. The summed E-state index contributed by atoms with van der Waals surface area (Å²) in [5.41, 5.74) is 1.91. The highest BCUT2D eigenvalue weighted by molar-refractivity contribution is 7.22. The van der Waals surface area contributed by atoms with Crippen LogP contribution in [0, 0.1) is 0 Å². The molecule has 0 aliphatic rings. The van der Waals surface area contributed by atoms with Gasteiger partial charge in [0.1, 0.15) is 12.3 Å². The Balaban J connectivity index is 1.58. The van der Waals surface area contributed by atoms with Gasteiger partial charge in [-0.3, -0.25) is 0 Å². The van der Waals surface area contributed by atoms with Crippen molar-refractivity contribution in [3.8, 4) is 17.4 Å². The van der Waals surface area contributed by atoms with Crippen molar-refractivity contribution in [3.05, 3.63) is 53.2 Å². The average Bonchev–Trinajstić information content (AvgIpc) is 3.22. The number of ether oxygens (including phenoxy) is 1. The zero-order valence-corrected chi connectivity index (χ0v) is 15.2. The van der Waals surface area contributed by atoms with Gasteiger partial charge in [0.2, 0.25) is 5.69 Å². The molecule has 2 aromatic carbocycles. The Morgan fingerprint density at radius 2 is 2.08 bits per heavy atom. The maximum Gasteiger partial charge on any atom is 0.259 e. The molecule has 4 aromatic rings. The third-order valence-corrected chi connectivity index (χ3v) is 4.98. The van der Waals surface area contributed by atoms with Gasteiger partial charge in [-0.1, -0.05) is 22.9 Å². The van der Waals surface area contributed by atoms with E-state index in [1.54, 1.807) is 37.4 Å². The normalized spacial score (nSPS) is 11.0. The van der Waals surface area contributed by atoms with Gasteiger partial charge in [0.05, 0.1) is 22.6 Å². The van der Waals surface area contributed by atoms with Gasteiger partial charge in [-0.05, 0) is 35.0 Å². The first-order valence-corrected chi connectivity index (χ1v) is 8.86. The van der Waals surface area contributed by atoms with Crippen molar-refractivity contribution in [1.29, 1.82) is 0 Å². The topological polar surface area (TPSA) is 87.1 Å². The number of hydrogen-bond acceptors (Lipinski definition) is 7. The molecule has 0 radical (unpaired) electrons. The smallest absolute Gasteiger partial charge is 0.259 e. The molecule has 2 heterocycles. The number of rotatable bonds is 5. The summed E-state index contributed by atoms with van der Waals surface area (Å²) in [4.78, 5) is 4.48. The Morgan fingerprint density at radius 1 is 1.27 bits per heavy atom. The first kappa shape index (κ1) is 16.6. The second-order valence-electron chi connectivity index (χ2n) is 5.40. The molecule has 0 bridgehead atoms. The van der Waals surface area contributed by atoms with Crippen molar-refractivity contribution in [2.45, 2.75) is 6.54 Å². The van der Waals surface area contributed by atoms with Crippen molar-refractivity contribution in [2.75, 3.05) is 12.4 Å². The summed E-state index contributed by atoms with van der Waals surface area (Å²) in [7, 11) is 1.59. The highest BCUT2D eigenvalue weighted by atomic mass is 35.5. The van der Waals surface area contributed by atoms with Crippen LogP contribution in [-0.2, 0) is 6.54 Å². The molecule has 4 rings (SSSR count). The quantitative estimate of drug-likeness (QED) is 0.529. The molecule has 0 aliphatic heterocycles. The second-order valence-corrected chi connectivity index (χ2v) is 6.87. The maximum absolute atomic E-state index is 12.0. The molecule has 0 amide bonds. The highest BCUT2D eigenvalue weighted by Gasteiger charge is 2.20. The molecular formula is C17H13ClN4O3S. The predicted octanol–water partition coefficient (Wildman–Crippen LogP) is 2.91. The number of hydrogen-bond donors (Lipinski definition) is 1. The van der Waals surface area contributed by atoms with Crippen LogP contribution in [0.5, 0.6) is 11.7 Å². The van der Waals surface area contributed by atoms with Gasteiger partial charge >= 0.3 is 0 Å². The number of anilines is 1. The Morgan fingerprint density at radius 3 is 2.85 bits per heavy atom. The first-order chi connectivity index (χ1) is 12.6. The van der Waals surface area contributed by atoms with Crippen LogP contribution in [0.3, 0.4) is 0 Å². The molecule has 132 valence electrons. The third-order valence-electron chi connectivity index (χ3n) is 3.77. The van der Waals surface area contributed by atoms with E-state index in [0.717, 1.165) is 10.2 Å². The summed E-state index contributed by atoms with van der Waals surface area (Å²) >= 11 is 7.46. The number of methoxy groups -OCH3 is 1. The van der Waals surface area contributed by atoms with Crippen LogP contribution in [0.2, 0.25) is 5.02 Å². The fraction of sp³-hybridized carbons (Fsp3) is 0.118. The van der Waals surface area contributed by atoms with E-state index >= 15 is 0 Å². The number of aromatic nitrogens is 3. The fourth-order valence-corrected chi connectivity index (χ4v) is 3.61. The Bertz CT molecular complexity index is 1060. The maximum atomic E-state index is 12.0. The summed E-state index contributed by atoms with van der Waals surface area (Å²) in [5, 5.41) is 20.3. The minimum atomic E-state index is -0.502. The van der Waals surface area contributed by atoms with E-state index in [1.807, 2.05) is 12.1 Å². The molecule has 2 aromatic heterocycles. The fourth-order valence-electron chi connectivity index (χ4n) is 2.47. The number of nitrogens with zero attached hydrogens (tertiary/aromatic N) is 3. The molecule has 0 unspecified atom stereocenters. The number of thiazole rings is 1. The molecule has 0 spiro atoms. The monoisotopic (exact) mass is 388 g/mol. The summed E-state index contributed by atoms with van der Waals surface area (Å²) in [5.74, 6) is 0.213. The van der Waals surface area contributed by atoms with Gasteiger partial charge in [-0.2, -0.15) is 0 Å². The molecular weight excluding hydrogens is 376 g/mol. The van der Waals surface area contributed by atoms with Crippen molar-refractivity contribution in [2.24, 2.45) is 0 Å². The molecule has 1 N–H and O–H groups in total. The standard InChI is InChI=1S/C17H13ClN4O3S/c1-24-12-5-3-11(4-6-12)22-14(16(23)25-21-22)9-19-17-20-13-7-2-10(18)8-15(13)26-17/h2-8H,9H2,1H3,(H-,19,20,21,23). The molecule has 0 saturated carbocycles. The average molecular weight is 389 g/mol. The minimum Gasteiger partial charge on any atom is -0.539 e. The van der Waals surface area contributed by atoms with E-state index in [0.29, 0.717) is 27.3 Å². The van der Waals surface area contributed by atoms with E-state index in [2.05, 4.69) is 15.6 Å². The summed E-state index contributed by atoms with van der Waals surface area (Å²) in [6, 6.07) is 12.7. The third kappa shape index (κ3) is 3.16. The van der Waals surface area contributed by atoms with Crippen molar-refractivity contribution in [1.82, 2.24) is 10.3 Å². The molecule has 0 fully saturated rings. The lowest BCUT2D eigenvalue weighted by molar-refractivity contribution is -0.677. The van der Waals surface area contributed by atoms with E-state index in [9.17, 15) is 5.11 Å². The molecule has 0 saturated heterocycles. The summed E-state index contributed by atoms with van der Waals surface area (Å²) in [6.45, 7) is 0.224. The van der Waals surface area contributed by atoms with Gasteiger partial charge in [0, 0.05) is 17.2 Å². The van der Waals surface area contributed by atoms with Gasteiger partial charge in [-0.25, -0.2) is 4.98 Å². The van der Waals surface area contributed by atoms with Crippen LogP contribution in [0.25, 0.3) is 15.9 Å². The zero-order chi connectivity index (χ0) is 18.1. The number of nitrogens with one attached hydrogen (secondary N) is 1. The number of benzene rings is 2. The van der Waals surface area contributed by atoms with Crippen LogP contribution in [0.1, 0.15) is 5.69 Å². The Labute approximate surface area is 157 Å². The van der Waals surface area contributed by atoms with Crippen LogP contribution >= 0.6 is 22.9 Å². The molecule has 0 atom stereocenters. The van der Waals surface area contributed by atoms with E-state index in [1.165, 1.54) is 16.0 Å². The molecule has 7 nitrogen and oxygen atoms in total. The number of halogens is 1. The lowest BCUT2D eigenvalue weighted by Gasteiger charge is -2.01. The second kappa shape index (κ2) is 6.81. The lowest BCUT2D eigenvalue weighted by Crippen LogP contribution is -2.37. The Hall–Kier alpha value is -2.84. The van der Waals surface area contributed by atoms with Crippen LogP contribution < -0.4 is 19.8 Å². The predicted molar refractivity (Wildman–Crippen MR) is 96.0 cm³/mol. The van der Waals surface area contributed by atoms with Crippen LogP contribution in [0.4, 0.5) is 5.13 Å². The number of fused-ring (bicyclic) bond motifs is 1. The van der Waals surface area contributed by atoms with Crippen molar-refractivity contribution < 1.29 is 19.0 Å². The zero-order valence-electron chi connectivity index (χ0n) is 13.6. The molecule has 26 heavy (non-hydrogen) atoms. The lowest BCUT2D eigenvalue weighted by atomic mass is 10.3. The SMILES string of the molecule is COc1ccc(-[n+]2noc([O-])c2CNc2nc3ccc(Cl)cc3s2)cc1. The van der Waals surface area contributed by atoms with Gasteiger partial charge < -0.3 is 19.7 Å². The summed E-state index contributed by atoms with van der Waals surface area (Å²) in [6.07, 6.45) is 0.